The zero-order valence-corrected chi connectivity index (χ0v) is 12.4. The molecule has 0 radical (unpaired) electrons. The van der Waals surface area contributed by atoms with E-state index in [0.29, 0.717) is 11.9 Å². The van der Waals surface area contributed by atoms with Crippen LogP contribution in [0.15, 0.2) is 30.3 Å². The molecule has 2 aromatic carbocycles. The minimum atomic E-state index is -0.272. The highest BCUT2D eigenvalue weighted by molar-refractivity contribution is 5.76. The minimum Gasteiger partial charge on any atom is -0.493 e. The molecule has 3 nitrogen and oxygen atoms in total. The van der Waals surface area contributed by atoms with Gasteiger partial charge in [-0.05, 0) is 61.1 Å². The third-order valence-corrected chi connectivity index (χ3v) is 4.11. The molecule has 112 valence electrons. The van der Waals surface area contributed by atoms with Crippen LogP contribution in [0.3, 0.4) is 0 Å². The molecule has 1 aromatic heterocycles. The summed E-state index contributed by atoms with van der Waals surface area (Å²) in [6.07, 6.45) is 2.83. The second-order valence-electron chi connectivity index (χ2n) is 5.87. The summed E-state index contributed by atoms with van der Waals surface area (Å²) in [5.41, 5.74) is 4.50. The molecule has 1 aliphatic rings. The van der Waals surface area contributed by atoms with E-state index >= 15 is 0 Å². The lowest BCUT2D eigenvalue weighted by Crippen LogP contribution is -2.08. The Bertz CT molecular complexity index is 854. The quantitative estimate of drug-likeness (QED) is 0.778. The van der Waals surface area contributed by atoms with Gasteiger partial charge in [-0.3, -0.25) is 0 Å². The van der Waals surface area contributed by atoms with Crippen LogP contribution in [0.2, 0.25) is 0 Å². The number of imidazole rings is 1. The van der Waals surface area contributed by atoms with Crippen molar-refractivity contribution in [2.24, 2.45) is 0 Å². The number of nitrogens with one attached hydrogen (secondary N) is 1. The fraction of sp³-hybridized carbons (Fsp3) is 0.278. The van der Waals surface area contributed by atoms with E-state index in [1.54, 1.807) is 6.07 Å². The summed E-state index contributed by atoms with van der Waals surface area (Å²) in [5, 5.41) is 0. The summed E-state index contributed by atoms with van der Waals surface area (Å²) < 4.78 is 19.8. The van der Waals surface area contributed by atoms with Gasteiger partial charge in [-0.25, -0.2) is 9.37 Å². The van der Waals surface area contributed by atoms with Gasteiger partial charge in [0.2, 0.25) is 0 Å². The van der Waals surface area contributed by atoms with Crippen molar-refractivity contribution in [3.05, 3.63) is 58.7 Å². The van der Waals surface area contributed by atoms with Crippen molar-refractivity contribution < 1.29 is 9.13 Å². The van der Waals surface area contributed by atoms with Gasteiger partial charge >= 0.3 is 0 Å². The first kappa shape index (κ1) is 13.3. The van der Waals surface area contributed by atoms with E-state index < -0.39 is 0 Å². The summed E-state index contributed by atoms with van der Waals surface area (Å²) in [4.78, 5) is 7.27. The highest BCUT2D eigenvalue weighted by Crippen LogP contribution is 2.27. The zero-order valence-electron chi connectivity index (χ0n) is 12.4. The molecule has 0 atom stereocenters. The lowest BCUT2D eigenvalue weighted by Gasteiger charge is -2.18. The normalized spacial score (nSPS) is 13.9. The van der Waals surface area contributed by atoms with E-state index in [4.69, 9.17) is 4.74 Å². The Morgan fingerprint density at radius 1 is 1.23 bits per heavy atom. The fourth-order valence-electron chi connectivity index (χ4n) is 3.09. The molecule has 2 heterocycles. The van der Waals surface area contributed by atoms with Crippen molar-refractivity contribution in [1.82, 2.24) is 9.97 Å². The maximum atomic E-state index is 14.1. The smallest absolute Gasteiger partial charge is 0.151 e. The average molecular weight is 296 g/mol. The summed E-state index contributed by atoms with van der Waals surface area (Å²) in [5.74, 6) is 1.43. The molecule has 4 rings (SSSR count). The third kappa shape index (κ3) is 2.34. The van der Waals surface area contributed by atoms with Crippen LogP contribution in [-0.4, -0.2) is 16.6 Å². The Morgan fingerprint density at radius 3 is 3.05 bits per heavy atom. The Morgan fingerprint density at radius 2 is 2.14 bits per heavy atom. The van der Waals surface area contributed by atoms with Crippen LogP contribution in [0.25, 0.3) is 11.0 Å². The van der Waals surface area contributed by atoms with Crippen molar-refractivity contribution in [3.63, 3.8) is 0 Å². The number of H-pyrrole nitrogens is 1. The van der Waals surface area contributed by atoms with Crippen molar-refractivity contribution >= 4 is 11.0 Å². The molecule has 0 saturated heterocycles. The van der Waals surface area contributed by atoms with E-state index in [-0.39, 0.29) is 5.82 Å². The van der Waals surface area contributed by atoms with Gasteiger partial charge in [0.25, 0.3) is 0 Å². The minimum absolute atomic E-state index is 0.272. The first-order valence-electron chi connectivity index (χ1n) is 7.58. The average Bonchev–Trinajstić information content (AvgIpc) is 2.88. The maximum Gasteiger partial charge on any atom is 0.151 e. The molecule has 22 heavy (non-hydrogen) atoms. The van der Waals surface area contributed by atoms with Crippen LogP contribution < -0.4 is 4.74 Å². The van der Waals surface area contributed by atoms with E-state index in [0.717, 1.165) is 47.7 Å². The van der Waals surface area contributed by atoms with Gasteiger partial charge in [0.05, 0.1) is 12.1 Å². The highest BCUT2D eigenvalue weighted by atomic mass is 19.1. The molecule has 1 aliphatic heterocycles. The van der Waals surface area contributed by atoms with Gasteiger partial charge in [0.1, 0.15) is 17.1 Å². The fourth-order valence-corrected chi connectivity index (χ4v) is 3.09. The van der Waals surface area contributed by atoms with Crippen LogP contribution in [0.5, 0.6) is 5.75 Å². The number of aromatic nitrogens is 2. The monoisotopic (exact) mass is 296 g/mol. The van der Waals surface area contributed by atoms with Crippen LogP contribution in [0, 0.1) is 12.7 Å². The van der Waals surface area contributed by atoms with Gasteiger partial charge in [-0.15, -0.1) is 0 Å². The molecule has 0 spiro atoms. The third-order valence-electron chi connectivity index (χ3n) is 4.11. The van der Waals surface area contributed by atoms with Crippen LogP contribution in [0.1, 0.15) is 28.9 Å². The number of halogens is 1. The molecule has 0 bridgehead atoms. The van der Waals surface area contributed by atoms with Crippen LogP contribution in [0.4, 0.5) is 4.39 Å². The summed E-state index contributed by atoms with van der Waals surface area (Å²) >= 11 is 0. The molecule has 0 aliphatic carbocycles. The van der Waals surface area contributed by atoms with E-state index in [1.807, 2.05) is 13.0 Å². The largest absolute Gasteiger partial charge is 0.493 e. The van der Waals surface area contributed by atoms with E-state index in [1.165, 1.54) is 5.56 Å². The predicted octanol–water partition coefficient (Wildman–Crippen LogP) is 3.93. The molecular weight excluding hydrogens is 279 g/mol. The number of benzene rings is 2. The molecule has 0 amide bonds. The number of hydrogen-bond acceptors (Lipinski definition) is 2. The van der Waals surface area contributed by atoms with Gasteiger partial charge in [0.15, 0.2) is 5.82 Å². The first-order chi connectivity index (χ1) is 10.7. The maximum absolute atomic E-state index is 14.1. The Kier molecular flexibility index (Phi) is 3.10. The number of hydrogen-bond donors (Lipinski definition) is 1. The summed E-state index contributed by atoms with van der Waals surface area (Å²) in [6, 6.07) is 9.85. The molecular formula is C18H17FN2O. The van der Waals surface area contributed by atoms with Gasteiger partial charge in [-0.1, -0.05) is 12.1 Å². The lowest BCUT2D eigenvalue weighted by molar-refractivity contribution is 0.288. The summed E-state index contributed by atoms with van der Waals surface area (Å²) in [7, 11) is 0. The molecule has 0 fully saturated rings. The standard InChI is InChI=1S/C18H17FN2O/c1-11-20-16-9-13(8-15(19)18(16)21-11)7-12-4-5-14-3-2-6-22-17(14)10-12/h4-5,8-10H,2-3,6-7H2,1H3,(H,20,21). The summed E-state index contributed by atoms with van der Waals surface area (Å²) in [6.45, 7) is 2.62. The SMILES string of the molecule is Cc1nc2c(F)cc(Cc3ccc4c(c3)OCCC4)cc2[nH]1. The van der Waals surface area contributed by atoms with Crippen molar-refractivity contribution in [1.29, 1.82) is 0 Å². The molecule has 0 saturated carbocycles. The van der Waals surface area contributed by atoms with E-state index in [2.05, 4.69) is 28.2 Å². The molecule has 0 unspecified atom stereocenters. The zero-order chi connectivity index (χ0) is 15.1. The van der Waals surface area contributed by atoms with Crippen molar-refractivity contribution in [2.45, 2.75) is 26.2 Å². The second kappa shape index (κ2) is 5.13. The van der Waals surface area contributed by atoms with Crippen LogP contribution >= 0.6 is 0 Å². The molecule has 4 heteroatoms. The van der Waals surface area contributed by atoms with Crippen molar-refractivity contribution in [3.8, 4) is 5.75 Å². The van der Waals surface area contributed by atoms with Crippen LogP contribution in [-0.2, 0) is 12.8 Å². The number of aromatic amines is 1. The number of aryl methyl sites for hydroxylation is 2. The van der Waals surface area contributed by atoms with Gasteiger partial charge < -0.3 is 9.72 Å². The Balaban J connectivity index is 1.68. The number of ether oxygens (including phenoxy) is 1. The number of fused-ring (bicyclic) bond motifs is 2. The Hall–Kier alpha value is -2.36. The molecule has 3 aromatic rings. The van der Waals surface area contributed by atoms with Gasteiger partial charge in [-0.2, -0.15) is 0 Å². The topological polar surface area (TPSA) is 37.9 Å². The van der Waals surface area contributed by atoms with Crippen molar-refractivity contribution in [2.75, 3.05) is 6.61 Å². The predicted molar refractivity (Wildman–Crippen MR) is 83.9 cm³/mol. The first-order valence-corrected chi connectivity index (χ1v) is 7.58. The lowest BCUT2D eigenvalue weighted by atomic mass is 9.99. The number of rotatable bonds is 2. The molecule has 1 N–H and O–H groups in total. The van der Waals surface area contributed by atoms with E-state index in [9.17, 15) is 4.39 Å². The number of nitrogens with zero attached hydrogens (tertiary/aromatic N) is 1. The van der Waals surface area contributed by atoms with Gasteiger partial charge in [0, 0.05) is 0 Å². The Labute approximate surface area is 128 Å². The highest BCUT2D eigenvalue weighted by Gasteiger charge is 2.12. The second-order valence-corrected chi connectivity index (χ2v) is 5.87.